The van der Waals surface area contributed by atoms with Crippen molar-refractivity contribution in [2.45, 2.75) is 19.5 Å². The summed E-state index contributed by atoms with van der Waals surface area (Å²) < 4.78 is 10.8. The monoisotopic (exact) mass is 264 g/mol. The standard InChI is InChI=1S/C15H24N2O2/c1-12-9-17(11-14(12)16)10-13-5-3-4-6-15(13)19-8-7-18-2/h3-6,12,14H,7-11,16H2,1-2H3. The second-order valence-electron chi connectivity index (χ2n) is 5.28. The van der Waals surface area contributed by atoms with E-state index >= 15 is 0 Å². The number of methoxy groups -OCH3 is 1. The molecule has 1 heterocycles. The summed E-state index contributed by atoms with van der Waals surface area (Å²) in [5, 5.41) is 0. The topological polar surface area (TPSA) is 47.7 Å². The highest BCUT2D eigenvalue weighted by Gasteiger charge is 2.26. The molecule has 2 unspecified atom stereocenters. The summed E-state index contributed by atoms with van der Waals surface area (Å²) in [5.41, 5.74) is 7.29. The summed E-state index contributed by atoms with van der Waals surface area (Å²) in [6.07, 6.45) is 0. The van der Waals surface area contributed by atoms with Crippen LogP contribution in [-0.2, 0) is 11.3 Å². The van der Waals surface area contributed by atoms with Crippen LogP contribution >= 0.6 is 0 Å². The molecule has 1 fully saturated rings. The van der Waals surface area contributed by atoms with Crippen LogP contribution in [0.1, 0.15) is 12.5 Å². The van der Waals surface area contributed by atoms with E-state index in [0.29, 0.717) is 25.2 Å². The van der Waals surface area contributed by atoms with Crippen LogP contribution in [0.15, 0.2) is 24.3 Å². The Hall–Kier alpha value is -1.10. The van der Waals surface area contributed by atoms with Crippen LogP contribution in [-0.4, -0.2) is 44.4 Å². The Kier molecular flexibility index (Phi) is 5.19. The van der Waals surface area contributed by atoms with Crippen molar-refractivity contribution in [1.29, 1.82) is 0 Å². The zero-order valence-corrected chi connectivity index (χ0v) is 11.8. The number of rotatable bonds is 6. The summed E-state index contributed by atoms with van der Waals surface area (Å²) in [7, 11) is 1.68. The molecule has 0 aliphatic carbocycles. The molecule has 2 rings (SSSR count). The lowest BCUT2D eigenvalue weighted by Crippen LogP contribution is -2.28. The number of nitrogens with two attached hydrogens (primary N) is 1. The van der Waals surface area contributed by atoms with Crippen molar-refractivity contribution >= 4 is 0 Å². The van der Waals surface area contributed by atoms with Crippen molar-refractivity contribution in [3.8, 4) is 5.75 Å². The fourth-order valence-corrected chi connectivity index (χ4v) is 2.48. The Bertz CT molecular complexity index is 387. The molecule has 1 saturated heterocycles. The van der Waals surface area contributed by atoms with Gasteiger partial charge < -0.3 is 15.2 Å². The first-order chi connectivity index (χ1) is 9.20. The van der Waals surface area contributed by atoms with Crippen LogP contribution in [0.3, 0.4) is 0 Å². The van der Waals surface area contributed by atoms with Crippen LogP contribution in [0.4, 0.5) is 0 Å². The quantitative estimate of drug-likeness (QED) is 0.791. The van der Waals surface area contributed by atoms with E-state index in [1.165, 1.54) is 5.56 Å². The number of likely N-dealkylation sites (tertiary alicyclic amines) is 1. The van der Waals surface area contributed by atoms with E-state index in [-0.39, 0.29) is 0 Å². The molecule has 19 heavy (non-hydrogen) atoms. The van der Waals surface area contributed by atoms with Gasteiger partial charge >= 0.3 is 0 Å². The predicted octanol–water partition coefficient (Wildman–Crippen LogP) is 1.49. The number of nitrogens with zero attached hydrogens (tertiary/aromatic N) is 1. The summed E-state index contributed by atoms with van der Waals surface area (Å²) >= 11 is 0. The summed E-state index contributed by atoms with van der Waals surface area (Å²) in [6, 6.07) is 8.49. The fraction of sp³-hybridized carbons (Fsp3) is 0.600. The molecule has 2 N–H and O–H groups in total. The van der Waals surface area contributed by atoms with E-state index in [4.69, 9.17) is 15.2 Å². The van der Waals surface area contributed by atoms with Gasteiger partial charge in [-0.05, 0) is 12.0 Å². The molecule has 0 saturated carbocycles. The average molecular weight is 264 g/mol. The van der Waals surface area contributed by atoms with Gasteiger partial charge in [-0.25, -0.2) is 0 Å². The van der Waals surface area contributed by atoms with E-state index in [2.05, 4.69) is 24.0 Å². The van der Waals surface area contributed by atoms with Crippen LogP contribution in [0, 0.1) is 5.92 Å². The van der Waals surface area contributed by atoms with Gasteiger partial charge in [-0.1, -0.05) is 25.1 Å². The average Bonchev–Trinajstić information content (AvgIpc) is 2.71. The third-order valence-electron chi connectivity index (χ3n) is 3.66. The zero-order chi connectivity index (χ0) is 13.7. The van der Waals surface area contributed by atoms with Crippen molar-refractivity contribution in [2.75, 3.05) is 33.4 Å². The Morgan fingerprint density at radius 2 is 2.05 bits per heavy atom. The van der Waals surface area contributed by atoms with Gasteiger partial charge in [-0.15, -0.1) is 0 Å². The first kappa shape index (κ1) is 14.3. The summed E-state index contributed by atoms with van der Waals surface area (Å²) in [6.45, 7) is 6.34. The second-order valence-corrected chi connectivity index (χ2v) is 5.28. The van der Waals surface area contributed by atoms with Crippen LogP contribution in [0.25, 0.3) is 0 Å². The SMILES string of the molecule is COCCOc1ccccc1CN1CC(C)C(N)C1. The molecule has 1 aromatic carbocycles. The molecule has 1 aliphatic heterocycles. The number of hydrogen-bond acceptors (Lipinski definition) is 4. The molecule has 0 amide bonds. The third-order valence-corrected chi connectivity index (χ3v) is 3.66. The van der Waals surface area contributed by atoms with E-state index in [1.54, 1.807) is 7.11 Å². The molecule has 0 radical (unpaired) electrons. The van der Waals surface area contributed by atoms with Gasteiger partial charge in [0.1, 0.15) is 12.4 Å². The molecule has 2 atom stereocenters. The van der Waals surface area contributed by atoms with E-state index in [9.17, 15) is 0 Å². The Balaban J connectivity index is 1.96. The molecular weight excluding hydrogens is 240 g/mol. The zero-order valence-electron chi connectivity index (χ0n) is 11.8. The van der Waals surface area contributed by atoms with Gasteiger partial charge in [0.15, 0.2) is 0 Å². The lowest BCUT2D eigenvalue weighted by Gasteiger charge is -2.18. The van der Waals surface area contributed by atoms with Gasteiger partial charge in [-0.3, -0.25) is 4.90 Å². The lowest BCUT2D eigenvalue weighted by atomic mass is 10.1. The highest BCUT2D eigenvalue weighted by Crippen LogP contribution is 2.23. The minimum Gasteiger partial charge on any atom is -0.491 e. The Labute approximate surface area is 115 Å². The van der Waals surface area contributed by atoms with Crippen LogP contribution < -0.4 is 10.5 Å². The second kappa shape index (κ2) is 6.89. The van der Waals surface area contributed by atoms with Gasteiger partial charge in [0.05, 0.1) is 6.61 Å². The van der Waals surface area contributed by atoms with Gasteiger partial charge in [-0.2, -0.15) is 0 Å². The van der Waals surface area contributed by atoms with Crippen molar-refractivity contribution in [3.05, 3.63) is 29.8 Å². The van der Waals surface area contributed by atoms with E-state index in [1.807, 2.05) is 12.1 Å². The van der Waals surface area contributed by atoms with Crippen LogP contribution in [0.5, 0.6) is 5.75 Å². The molecule has 4 nitrogen and oxygen atoms in total. The van der Waals surface area contributed by atoms with Crippen molar-refractivity contribution in [2.24, 2.45) is 11.7 Å². The van der Waals surface area contributed by atoms with Gasteiger partial charge in [0.25, 0.3) is 0 Å². The first-order valence-electron chi connectivity index (χ1n) is 6.88. The maximum absolute atomic E-state index is 6.07. The van der Waals surface area contributed by atoms with Gasteiger partial charge in [0.2, 0.25) is 0 Å². The fourth-order valence-electron chi connectivity index (χ4n) is 2.48. The molecule has 1 aromatic rings. The highest BCUT2D eigenvalue weighted by atomic mass is 16.5. The maximum Gasteiger partial charge on any atom is 0.123 e. The van der Waals surface area contributed by atoms with Crippen molar-refractivity contribution in [3.63, 3.8) is 0 Å². The minimum atomic E-state index is 0.293. The van der Waals surface area contributed by atoms with E-state index < -0.39 is 0 Å². The number of para-hydroxylation sites is 1. The van der Waals surface area contributed by atoms with Gasteiger partial charge in [0, 0.05) is 38.3 Å². The molecule has 0 bridgehead atoms. The Morgan fingerprint density at radius 3 is 2.74 bits per heavy atom. The van der Waals surface area contributed by atoms with E-state index in [0.717, 1.165) is 25.4 Å². The number of hydrogen-bond donors (Lipinski definition) is 1. The maximum atomic E-state index is 6.07. The highest BCUT2D eigenvalue weighted by molar-refractivity contribution is 5.33. The lowest BCUT2D eigenvalue weighted by molar-refractivity contribution is 0.145. The number of benzene rings is 1. The molecule has 106 valence electrons. The smallest absolute Gasteiger partial charge is 0.123 e. The largest absolute Gasteiger partial charge is 0.491 e. The molecule has 1 aliphatic rings. The first-order valence-corrected chi connectivity index (χ1v) is 6.88. The normalized spacial score (nSPS) is 23.7. The molecule has 0 aromatic heterocycles. The van der Waals surface area contributed by atoms with Crippen molar-refractivity contribution < 1.29 is 9.47 Å². The number of ether oxygens (including phenoxy) is 2. The molecule has 0 spiro atoms. The van der Waals surface area contributed by atoms with Crippen molar-refractivity contribution in [1.82, 2.24) is 4.90 Å². The predicted molar refractivity (Wildman–Crippen MR) is 76.2 cm³/mol. The third kappa shape index (κ3) is 3.93. The molecular formula is C15H24N2O2. The molecule has 4 heteroatoms. The summed E-state index contributed by atoms with van der Waals surface area (Å²) in [5.74, 6) is 1.52. The Morgan fingerprint density at radius 1 is 1.26 bits per heavy atom. The summed E-state index contributed by atoms with van der Waals surface area (Å²) in [4.78, 5) is 2.40. The minimum absolute atomic E-state index is 0.293. The van der Waals surface area contributed by atoms with Crippen LogP contribution in [0.2, 0.25) is 0 Å².